The predicted molar refractivity (Wildman–Crippen MR) is 83.9 cm³/mol. The van der Waals surface area contributed by atoms with Crippen molar-refractivity contribution in [3.8, 4) is 0 Å². The molecule has 0 radical (unpaired) electrons. The largest absolute Gasteiger partial charge is 0.377 e. The van der Waals surface area contributed by atoms with Crippen LogP contribution in [0.1, 0.15) is 34.6 Å². The average Bonchev–Trinajstić information content (AvgIpc) is 2.82. The Labute approximate surface area is 135 Å². The number of hydrogen-bond donors (Lipinski definition) is 0. The van der Waals surface area contributed by atoms with Crippen LogP contribution < -0.4 is 0 Å². The topological polar surface area (TPSA) is 73.1 Å². The monoisotopic (exact) mass is 315 g/mol. The van der Waals surface area contributed by atoms with Gasteiger partial charge in [0.2, 0.25) is 0 Å². The van der Waals surface area contributed by atoms with Crippen LogP contribution >= 0.6 is 0 Å². The number of ether oxygens (including phenoxy) is 1. The molecular weight excluding hydrogens is 294 g/mol. The Balaban J connectivity index is 1.81. The Morgan fingerprint density at radius 1 is 1.35 bits per heavy atom. The molecule has 0 aliphatic carbocycles. The average molecular weight is 315 g/mol. The van der Waals surface area contributed by atoms with E-state index in [0.717, 1.165) is 17.3 Å². The molecule has 0 saturated carbocycles. The van der Waals surface area contributed by atoms with Gasteiger partial charge in [0.05, 0.1) is 5.56 Å². The summed E-state index contributed by atoms with van der Waals surface area (Å²) < 4.78 is 7.22. The number of carbonyl (C=O) groups excluding carboxylic acids is 1. The number of aryl methyl sites for hydroxylation is 1. The number of carbonyl (C=O) groups is 1. The third-order valence-electron chi connectivity index (χ3n) is 4.17. The maximum absolute atomic E-state index is 12.8. The van der Waals surface area contributed by atoms with E-state index in [1.165, 1.54) is 0 Å². The van der Waals surface area contributed by atoms with E-state index in [2.05, 4.69) is 19.7 Å². The molecule has 3 heterocycles. The molecule has 0 N–H and O–H groups in total. The second-order valence-electron chi connectivity index (χ2n) is 5.86. The van der Waals surface area contributed by atoms with E-state index >= 15 is 0 Å². The first kappa shape index (κ1) is 15.6. The van der Waals surface area contributed by atoms with E-state index in [1.807, 2.05) is 30.9 Å². The fourth-order valence-electron chi connectivity index (χ4n) is 2.88. The summed E-state index contributed by atoms with van der Waals surface area (Å²) in [6, 6.07) is 3.75. The van der Waals surface area contributed by atoms with E-state index in [1.54, 1.807) is 13.3 Å². The minimum Gasteiger partial charge on any atom is -0.377 e. The van der Waals surface area contributed by atoms with Crippen molar-refractivity contribution in [2.45, 2.75) is 39.5 Å². The molecule has 1 aliphatic rings. The molecule has 2 aromatic heterocycles. The van der Waals surface area contributed by atoms with Crippen LogP contribution in [0.3, 0.4) is 0 Å². The van der Waals surface area contributed by atoms with Gasteiger partial charge in [-0.1, -0.05) is 0 Å². The maximum Gasteiger partial charge on any atom is 0.255 e. The zero-order valence-electron chi connectivity index (χ0n) is 13.7. The van der Waals surface area contributed by atoms with E-state index in [9.17, 15) is 4.79 Å². The first-order chi connectivity index (χ1) is 11.1. The molecule has 23 heavy (non-hydrogen) atoms. The Kier molecular flexibility index (Phi) is 4.38. The Bertz CT molecular complexity index is 695. The van der Waals surface area contributed by atoms with Crippen LogP contribution in [0.5, 0.6) is 0 Å². The molecular formula is C16H21N5O2. The van der Waals surface area contributed by atoms with Crippen LogP contribution in [0, 0.1) is 6.92 Å². The Morgan fingerprint density at radius 2 is 2.17 bits per heavy atom. The van der Waals surface area contributed by atoms with Gasteiger partial charge in [-0.2, -0.15) is 0 Å². The third-order valence-corrected chi connectivity index (χ3v) is 4.17. The molecule has 122 valence electrons. The van der Waals surface area contributed by atoms with Gasteiger partial charge in [-0.25, -0.2) is 0 Å². The third kappa shape index (κ3) is 3.10. The minimum absolute atomic E-state index is 0.0111. The highest BCUT2D eigenvalue weighted by Gasteiger charge is 2.27. The number of rotatable bonds is 3. The van der Waals surface area contributed by atoms with Crippen molar-refractivity contribution in [1.82, 2.24) is 24.6 Å². The van der Waals surface area contributed by atoms with Gasteiger partial charge in [-0.15, -0.1) is 10.2 Å². The first-order valence-corrected chi connectivity index (χ1v) is 7.73. The fourth-order valence-corrected chi connectivity index (χ4v) is 2.88. The number of aromatic nitrogens is 4. The van der Waals surface area contributed by atoms with Gasteiger partial charge >= 0.3 is 0 Å². The first-order valence-electron chi connectivity index (χ1n) is 7.73. The zero-order chi connectivity index (χ0) is 16.4. The quantitative estimate of drug-likeness (QED) is 0.851. The molecule has 0 fully saturated rings. The molecule has 0 saturated heterocycles. The standard InChI is InChI=1S/C16H21N5O2/c1-11-4-5-13(9-17-11)16(22)20-6-7-21-14(8-12(20)2)18-19-15(21)10-23-3/h4-5,9,12H,6-8,10H2,1-3H3/t12-/m0/s1. The van der Waals surface area contributed by atoms with Crippen molar-refractivity contribution in [3.05, 3.63) is 41.2 Å². The van der Waals surface area contributed by atoms with Gasteiger partial charge in [0.1, 0.15) is 12.4 Å². The van der Waals surface area contributed by atoms with Gasteiger partial charge in [-0.3, -0.25) is 9.78 Å². The van der Waals surface area contributed by atoms with Gasteiger partial charge in [0.25, 0.3) is 5.91 Å². The van der Waals surface area contributed by atoms with E-state index in [0.29, 0.717) is 31.7 Å². The van der Waals surface area contributed by atoms with Crippen LogP contribution in [0.4, 0.5) is 0 Å². The summed E-state index contributed by atoms with van der Waals surface area (Å²) in [5.74, 6) is 1.72. The molecule has 1 amide bonds. The summed E-state index contributed by atoms with van der Waals surface area (Å²) in [4.78, 5) is 18.9. The van der Waals surface area contributed by atoms with Crippen LogP contribution in [-0.2, 0) is 24.3 Å². The predicted octanol–water partition coefficient (Wildman–Crippen LogP) is 1.21. The molecule has 0 unspecified atom stereocenters. The van der Waals surface area contributed by atoms with E-state index in [-0.39, 0.29) is 11.9 Å². The van der Waals surface area contributed by atoms with Crippen molar-refractivity contribution in [1.29, 1.82) is 0 Å². The second-order valence-corrected chi connectivity index (χ2v) is 5.86. The second kappa shape index (κ2) is 6.45. The highest BCUT2D eigenvalue weighted by molar-refractivity contribution is 5.94. The molecule has 7 heteroatoms. The lowest BCUT2D eigenvalue weighted by Gasteiger charge is -2.26. The molecule has 1 atom stereocenters. The fraction of sp³-hybridized carbons (Fsp3) is 0.500. The van der Waals surface area contributed by atoms with Crippen molar-refractivity contribution in [2.75, 3.05) is 13.7 Å². The molecule has 1 aliphatic heterocycles. The highest BCUT2D eigenvalue weighted by atomic mass is 16.5. The molecule has 0 spiro atoms. The molecule has 0 aromatic carbocycles. The number of hydrogen-bond acceptors (Lipinski definition) is 5. The summed E-state index contributed by atoms with van der Waals surface area (Å²) in [6.45, 7) is 5.68. The highest BCUT2D eigenvalue weighted by Crippen LogP contribution is 2.17. The molecule has 3 rings (SSSR count). The SMILES string of the molecule is COCc1nnc2n1CCN(C(=O)c1ccc(C)nc1)[C@@H](C)C2. The van der Waals surface area contributed by atoms with Gasteiger partial charge < -0.3 is 14.2 Å². The maximum atomic E-state index is 12.8. The van der Waals surface area contributed by atoms with Crippen molar-refractivity contribution in [3.63, 3.8) is 0 Å². The van der Waals surface area contributed by atoms with Crippen molar-refractivity contribution < 1.29 is 9.53 Å². The van der Waals surface area contributed by atoms with Gasteiger partial charge in [0.15, 0.2) is 5.82 Å². The lowest BCUT2D eigenvalue weighted by molar-refractivity contribution is 0.0694. The van der Waals surface area contributed by atoms with Gasteiger partial charge in [-0.05, 0) is 26.0 Å². The van der Waals surface area contributed by atoms with E-state index in [4.69, 9.17) is 4.74 Å². The number of pyridine rings is 1. The normalized spacial score (nSPS) is 17.7. The summed E-state index contributed by atoms with van der Waals surface area (Å²) >= 11 is 0. The minimum atomic E-state index is 0.0111. The lowest BCUT2D eigenvalue weighted by atomic mass is 10.1. The lowest BCUT2D eigenvalue weighted by Crippen LogP contribution is -2.40. The molecule has 7 nitrogen and oxygen atoms in total. The molecule has 0 bridgehead atoms. The Hall–Kier alpha value is -2.28. The van der Waals surface area contributed by atoms with Crippen LogP contribution in [0.15, 0.2) is 18.3 Å². The number of fused-ring (bicyclic) bond motifs is 1. The summed E-state index contributed by atoms with van der Waals surface area (Å²) in [7, 11) is 1.64. The number of methoxy groups -OCH3 is 1. The van der Waals surface area contributed by atoms with Crippen LogP contribution in [0.25, 0.3) is 0 Å². The zero-order valence-corrected chi connectivity index (χ0v) is 13.7. The number of nitrogens with zero attached hydrogens (tertiary/aromatic N) is 5. The van der Waals surface area contributed by atoms with Crippen molar-refractivity contribution >= 4 is 5.91 Å². The van der Waals surface area contributed by atoms with Crippen molar-refractivity contribution in [2.24, 2.45) is 0 Å². The van der Waals surface area contributed by atoms with Gasteiger partial charge in [0, 0.05) is 44.6 Å². The van der Waals surface area contributed by atoms with Crippen LogP contribution in [0.2, 0.25) is 0 Å². The Morgan fingerprint density at radius 3 is 2.87 bits per heavy atom. The summed E-state index contributed by atoms with van der Waals surface area (Å²) in [5, 5.41) is 8.42. The molecule has 2 aromatic rings. The van der Waals surface area contributed by atoms with Crippen LogP contribution in [-0.4, -0.2) is 50.3 Å². The summed E-state index contributed by atoms with van der Waals surface area (Å²) in [6.07, 6.45) is 2.33. The van der Waals surface area contributed by atoms with E-state index < -0.39 is 0 Å². The number of amides is 1. The summed E-state index contributed by atoms with van der Waals surface area (Å²) in [5.41, 5.74) is 1.53. The smallest absolute Gasteiger partial charge is 0.255 e.